The molecule has 1 unspecified atom stereocenters. The minimum Gasteiger partial charge on any atom is -0.481 e. The molecule has 1 aliphatic rings. The number of aliphatic hydroxyl groups is 1. The number of pyridine rings is 3. The van der Waals surface area contributed by atoms with E-state index in [-0.39, 0.29) is 24.4 Å². The van der Waals surface area contributed by atoms with Crippen LogP contribution in [0.4, 0.5) is 15.9 Å². The zero-order valence-corrected chi connectivity index (χ0v) is 26.4. The molecular weight excluding hydrogens is 620 g/mol. The molecule has 10 nitrogen and oxygen atoms in total. The van der Waals surface area contributed by atoms with Crippen LogP contribution >= 0.6 is 23.2 Å². The fourth-order valence-electron chi connectivity index (χ4n) is 5.14. The normalized spacial score (nSPS) is 14.6. The molecule has 13 heteroatoms. The van der Waals surface area contributed by atoms with Gasteiger partial charge in [0.1, 0.15) is 0 Å². The van der Waals surface area contributed by atoms with E-state index >= 15 is 4.39 Å². The van der Waals surface area contributed by atoms with E-state index in [2.05, 4.69) is 25.9 Å². The van der Waals surface area contributed by atoms with E-state index in [0.29, 0.717) is 82.3 Å². The van der Waals surface area contributed by atoms with Crippen LogP contribution in [0, 0.1) is 5.82 Å². The van der Waals surface area contributed by atoms with Gasteiger partial charge in [0.15, 0.2) is 11.6 Å². The van der Waals surface area contributed by atoms with Crippen molar-refractivity contribution in [3.63, 3.8) is 0 Å². The maximum absolute atomic E-state index is 15.3. The van der Waals surface area contributed by atoms with Crippen molar-refractivity contribution in [2.24, 2.45) is 0 Å². The number of anilines is 2. The van der Waals surface area contributed by atoms with Gasteiger partial charge in [0.25, 0.3) is 0 Å². The lowest BCUT2D eigenvalue weighted by Crippen LogP contribution is -2.35. The number of methoxy groups -OCH3 is 1. The minimum absolute atomic E-state index is 0.0236. The van der Waals surface area contributed by atoms with E-state index in [1.165, 1.54) is 6.20 Å². The number of benzene rings is 1. The molecule has 4 aromatic rings. The Morgan fingerprint density at radius 2 is 1.91 bits per heavy atom. The van der Waals surface area contributed by atoms with E-state index in [1.807, 2.05) is 17.0 Å². The van der Waals surface area contributed by atoms with Crippen molar-refractivity contribution in [1.29, 1.82) is 0 Å². The summed E-state index contributed by atoms with van der Waals surface area (Å²) in [6.07, 6.45) is 4.52. The number of carbonyl (C=O) groups excluding carboxylic acids is 1. The third-order valence-corrected chi connectivity index (χ3v) is 8.28. The summed E-state index contributed by atoms with van der Waals surface area (Å²) in [4.78, 5) is 26.7. The van der Waals surface area contributed by atoms with Crippen LogP contribution in [0.3, 0.4) is 0 Å². The summed E-state index contributed by atoms with van der Waals surface area (Å²) in [6.45, 7) is 1.87. The van der Waals surface area contributed by atoms with Gasteiger partial charge in [-0.2, -0.15) is 0 Å². The van der Waals surface area contributed by atoms with Crippen LogP contribution < -0.4 is 20.7 Å². The molecule has 0 aliphatic carbocycles. The van der Waals surface area contributed by atoms with Gasteiger partial charge in [-0.15, -0.1) is 0 Å². The molecule has 1 amide bonds. The summed E-state index contributed by atoms with van der Waals surface area (Å²) in [5.41, 5.74) is 3.92. The number of amides is 1. The molecule has 1 atom stereocenters. The van der Waals surface area contributed by atoms with Crippen LogP contribution in [-0.2, 0) is 17.9 Å². The van der Waals surface area contributed by atoms with Crippen molar-refractivity contribution in [3.05, 3.63) is 81.8 Å². The molecule has 5 rings (SSSR count). The number of ether oxygens (including phenoxy) is 1. The molecule has 3 aromatic heterocycles. The minimum atomic E-state index is -0.508. The molecule has 1 saturated heterocycles. The van der Waals surface area contributed by atoms with E-state index in [9.17, 15) is 9.90 Å². The zero-order valence-electron chi connectivity index (χ0n) is 24.9. The number of halogens is 3. The van der Waals surface area contributed by atoms with E-state index in [4.69, 9.17) is 32.9 Å². The number of aromatic nitrogens is 3. The highest BCUT2D eigenvalue weighted by Crippen LogP contribution is 2.41. The molecule has 4 heterocycles. The van der Waals surface area contributed by atoms with Gasteiger partial charge in [-0.25, -0.2) is 14.4 Å². The highest BCUT2D eigenvalue weighted by molar-refractivity contribution is 6.39. The smallest absolute Gasteiger partial charge is 0.220 e. The predicted octanol–water partition coefficient (Wildman–Crippen LogP) is 5.20. The first-order valence-corrected chi connectivity index (χ1v) is 15.2. The maximum Gasteiger partial charge on any atom is 0.220 e. The van der Waals surface area contributed by atoms with Crippen LogP contribution in [0.2, 0.25) is 10.0 Å². The Morgan fingerprint density at radius 1 is 1.09 bits per heavy atom. The number of likely N-dealkylation sites (N-methyl/N-ethyl adjacent to an activating group) is 1. The Hall–Kier alpha value is -3.87. The maximum atomic E-state index is 15.3. The number of aliphatic hydroxyl groups excluding tert-OH is 1. The molecule has 236 valence electrons. The molecule has 0 bridgehead atoms. The number of carbonyl (C=O) groups is 1. The Bertz CT molecular complexity index is 1680. The lowest BCUT2D eigenvalue weighted by molar-refractivity contribution is -0.119. The summed E-state index contributed by atoms with van der Waals surface area (Å²) >= 11 is 13.8. The lowest BCUT2D eigenvalue weighted by Gasteiger charge is -2.17. The Balaban J connectivity index is 1.37. The second-order valence-electron chi connectivity index (χ2n) is 10.7. The third-order valence-electron chi connectivity index (χ3n) is 7.49. The highest BCUT2D eigenvalue weighted by Gasteiger charge is 2.21. The van der Waals surface area contributed by atoms with Crippen molar-refractivity contribution in [2.75, 3.05) is 39.2 Å². The zero-order chi connectivity index (χ0) is 31.9. The Labute approximate surface area is 271 Å². The Morgan fingerprint density at radius 3 is 2.67 bits per heavy atom. The number of rotatable bonds is 13. The summed E-state index contributed by atoms with van der Waals surface area (Å²) in [7, 11) is 3.36. The molecule has 1 fully saturated rings. The fourth-order valence-corrected chi connectivity index (χ4v) is 5.72. The van der Waals surface area contributed by atoms with Gasteiger partial charge in [0.05, 0.1) is 40.8 Å². The molecule has 4 N–H and O–H groups in total. The SMILES string of the molecule is COc1nc(-c2ccnc(-c3cccc(Nc4nccc(CN(C)CCO)c4F)c3Cl)c2Cl)ccc1CNCC1CCC(=O)N1. The largest absolute Gasteiger partial charge is 0.481 e. The molecular formula is C32H34Cl2FN7O3. The average Bonchev–Trinajstić information content (AvgIpc) is 3.45. The standard InChI is InChI=1S/C32H34Cl2FN7O3/c1-42(14-15-43)18-20-10-12-38-31(29(20)35)40-25-5-3-4-23(27(25)33)30-28(34)22(11-13-37-30)24-8-6-19(32(41-24)45-2)16-36-17-21-7-9-26(44)39-21/h3-6,8,10-13,21,36,43H,7,9,14-18H2,1-2H3,(H,38,40)(H,39,44). The van der Waals surface area contributed by atoms with E-state index < -0.39 is 5.82 Å². The van der Waals surface area contributed by atoms with Gasteiger partial charge in [-0.1, -0.05) is 41.4 Å². The van der Waals surface area contributed by atoms with Crippen LogP contribution in [0.5, 0.6) is 5.88 Å². The number of hydrogen-bond acceptors (Lipinski definition) is 9. The van der Waals surface area contributed by atoms with Gasteiger partial charge in [0.2, 0.25) is 11.8 Å². The Kier molecular flexibility index (Phi) is 10.8. The first kappa shape index (κ1) is 32.5. The molecule has 1 aliphatic heterocycles. The van der Waals surface area contributed by atoms with Gasteiger partial charge in [-0.05, 0) is 37.7 Å². The number of nitrogens with zero attached hydrogens (tertiary/aromatic N) is 4. The third kappa shape index (κ3) is 7.69. The highest BCUT2D eigenvalue weighted by atomic mass is 35.5. The molecule has 0 spiro atoms. The van der Waals surface area contributed by atoms with E-state index in [0.717, 1.165) is 12.0 Å². The molecule has 0 radical (unpaired) electrons. The first-order chi connectivity index (χ1) is 21.8. The molecule has 1 aromatic carbocycles. The van der Waals surface area contributed by atoms with Crippen molar-refractivity contribution in [3.8, 4) is 28.4 Å². The summed E-state index contributed by atoms with van der Waals surface area (Å²) < 4.78 is 20.9. The van der Waals surface area contributed by atoms with Crippen molar-refractivity contribution in [1.82, 2.24) is 30.5 Å². The van der Waals surface area contributed by atoms with Crippen LogP contribution in [0.15, 0.2) is 54.9 Å². The van der Waals surface area contributed by atoms with Crippen molar-refractivity contribution >= 4 is 40.6 Å². The van der Waals surface area contributed by atoms with Gasteiger partial charge in [0, 0.05) is 73.3 Å². The van der Waals surface area contributed by atoms with Crippen LogP contribution in [0.1, 0.15) is 24.0 Å². The van der Waals surface area contributed by atoms with Crippen molar-refractivity contribution < 1.29 is 19.0 Å². The fraction of sp³-hybridized carbons (Fsp3) is 0.312. The van der Waals surface area contributed by atoms with Crippen molar-refractivity contribution in [2.45, 2.75) is 32.0 Å². The summed E-state index contributed by atoms with van der Waals surface area (Å²) in [5.74, 6) is 0.0494. The molecule has 45 heavy (non-hydrogen) atoms. The summed E-state index contributed by atoms with van der Waals surface area (Å²) in [6, 6.07) is 12.5. The summed E-state index contributed by atoms with van der Waals surface area (Å²) in [5, 5.41) is 19.1. The predicted molar refractivity (Wildman–Crippen MR) is 173 cm³/mol. The molecule has 0 saturated carbocycles. The van der Waals surface area contributed by atoms with E-state index in [1.54, 1.807) is 50.7 Å². The second-order valence-corrected chi connectivity index (χ2v) is 11.5. The van der Waals surface area contributed by atoms with Gasteiger partial charge >= 0.3 is 0 Å². The second kappa shape index (κ2) is 14.9. The number of hydrogen-bond donors (Lipinski definition) is 4. The topological polar surface area (TPSA) is 125 Å². The van der Waals surface area contributed by atoms with Gasteiger partial charge < -0.3 is 25.8 Å². The average molecular weight is 655 g/mol. The first-order valence-electron chi connectivity index (χ1n) is 14.5. The van der Waals surface area contributed by atoms with Crippen LogP contribution in [-0.4, -0.2) is 70.8 Å². The number of nitrogens with one attached hydrogen (secondary N) is 3. The van der Waals surface area contributed by atoms with Crippen LogP contribution in [0.25, 0.3) is 22.5 Å². The monoisotopic (exact) mass is 653 g/mol. The quantitative estimate of drug-likeness (QED) is 0.154. The lowest BCUT2D eigenvalue weighted by atomic mass is 10.1. The van der Waals surface area contributed by atoms with Gasteiger partial charge in [-0.3, -0.25) is 14.7 Å².